The highest BCUT2D eigenvalue weighted by Gasteiger charge is 2.38. The Labute approximate surface area is 121 Å². The van der Waals surface area contributed by atoms with Gasteiger partial charge in [0.2, 0.25) is 0 Å². The van der Waals surface area contributed by atoms with Crippen LogP contribution in [0.1, 0.15) is 25.8 Å². The number of carbonyl (C=O) groups is 2. The Morgan fingerprint density at radius 1 is 1.50 bits per heavy atom. The smallest absolute Gasteiger partial charge is 0.318 e. The van der Waals surface area contributed by atoms with Crippen LogP contribution in [0.3, 0.4) is 0 Å². The average molecular weight is 297 g/mol. The number of aliphatic carboxylic acids is 1. The second kappa shape index (κ2) is 5.40. The summed E-state index contributed by atoms with van der Waals surface area (Å²) in [7, 11) is 0. The van der Waals surface area contributed by atoms with Gasteiger partial charge in [0.1, 0.15) is 5.01 Å². The van der Waals surface area contributed by atoms with E-state index < -0.39 is 17.4 Å². The molecule has 1 aliphatic rings. The number of nitrogens with one attached hydrogen (secondary N) is 1. The summed E-state index contributed by atoms with van der Waals surface area (Å²) in [5.41, 5.74) is -0.560. The van der Waals surface area contributed by atoms with Crippen LogP contribution in [-0.2, 0) is 10.3 Å². The third-order valence-electron chi connectivity index (χ3n) is 3.60. The maximum Gasteiger partial charge on any atom is 0.318 e. The molecule has 0 spiro atoms. The van der Waals surface area contributed by atoms with E-state index in [9.17, 15) is 9.59 Å². The molecule has 1 aromatic rings. The van der Waals surface area contributed by atoms with E-state index in [4.69, 9.17) is 5.11 Å². The standard InChI is InChI=1S/C13H19N3O3S/c1-8-6-16(7-9(8)10(17)18)12(19)15-13(2,3)11-14-4-5-20-11/h4-5,8-9H,6-7H2,1-3H3,(H,15,19)(H,17,18). The van der Waals surface area contributed by atoms with Gasteiger partial charge in [-0.3, -0.25) is 4.79 Å². The summed E-state index contributed by atoms with van der Waals surface area (Å²) < 4.78 is 0. The molecule has 2 atom stereocenters. The van der Waals surface area contributed by atoms with Crippen LogP contribution in [0.2, 0.25) is 0 Å². The molecule has 7 heteroatoms. The first-order chi connectivity index (χ1) is 9.31. The SMILES string of the molecule is CC1CN(C(=O)NC(C)(C)c2nccs2)CC1C(=O)O. The Kier molecular flexibility index (Phi) is 3.99. The molecular formula is C13H19N3O3S. The first-order valence-electron chi connectivity index (χ1n) is 6.51. The van der Waals surface area contributed by atoms with Gasteiger partial charge in [-0.25, -0.2) is 9.78 Å². The largest absolute Gasteiger partial charge is 0.481 e. The second-order valence-corrected chi connectivity index (χ2v) is 6.61. The average Bonchev–Trinajstić information content (AvgIpc) is 2.96. The van der Waals surface area contributed by atoms with Crippen LogP contribution in [-0.4, -0.2) is 40.1 Å². The van der Waals surface area contributed by atoms with Gasteiger partial charge in [-0.2, -0.15) is 0 Å². The van der Waals surface area contributed by atoms with Crippen molar-refractivity contribution in [1.29, 1.82) is 0 Å². The van der Waals surface area contributed by atoms with Gasteiger partial charge < -0.3 is 15.3 Å². The molecule has 20 heavy (non-hydrogen) atoms. The number of hydrogen-bond donors (Lipinski definition) is 2. The number of carboxylic acids is 1. The number of hydrogen-bond acceptors (Lipinski definition) is 4. The van der Waals surface area contributed by atoms with E-state index in [1.807, 2.05) is 26.2 Å². The molecule has 2 amide bonds. The third-order valence-corrected chi connectivity index (χ3v) is 4.70. The van der Waals surface area contributed by atoms with Crippen LogP contribution in [0.4, 0.5) is 4.79 Å². The van der Waals surface area contributed by atoms with Crippen LogP contribution >= 0.6 is 11.3 Å². The molecule has 0 saturated carbocycles. The minimum Gasteiger partial charge on any atom is -0.481 e. The number of thiazole rings is 1. The van der Waals surface area contributed by atoms with Crippen molar-refractivity contribution in [3.05, 3.63) is 16.6 Å². The lowest BCUT2D eigenvalue weighted by molar-refractivity contribution is -0.142. The van der Waals surface area contributed by atoms with Gasteiger partial charge in [-0.1, -0.05) is 6.92 Å². The minimum absolute atomic E-state index is 0.0266. The normalized spacial score (nSPS) is 22.9. The highest BCUT2D eigenvalue weighted by molar-refractivity contribution is 7.09. The Bertz CT molecular complexity index is 501. The van der Waals surface area contributed by atoms with Gasteiger partial charge in [-0.05, 0) is 19.8 Å². The first kappa shape index (κ1) is 14.8. The van der Waals surface area contributed by atoms with E-state index in [2.05, 4.69) is 10.3 Å². The van der Waals surface area contributed by atoms with Crippen molar-refractivity contribution in [2.75, 3.05) is 13.1 Å². The number of aromatic nitrogens is 1. The fraction of sp³-hybridized carbons (Fsp3) is 0.615. The van der Waals surface area contributed by atoms with Crippen LogP contribution in [0.15, 0.2) is 11.6 Å². The Morgan fingerprint density at radius 3 is 2.70 bits per heavy atom. The Balaban J connectivity index is 2.01. The quantitative estimate of drug-likeness (QED) is 0.890. The summed E-state index contributed by atoms with van der Waals surface area (Å²) in [5, 5.41) is 14.7. The van der Waals surface area contributed by atoms with Crippen molar-refractivity contribution in [1.82, 2.24) is 15.2 Å². The predicted molar refractivity (Wildman–Crippen MR) is 75.5 cm³/mol. The van der Waals surface area contributed by atoms with Crippen LogP contribution in [0.5, 0.6) is 0 Å². The van der Waals surface area contributed by atoms with Gasteiger partial charge >= 0.3 is 12.0 Å². The van der Waals surface area contributed by atoms with E-state index in [1.165, 1.54) is 11.3 Å². The summed E-state index contributed by atoms with van der Waals surface area (Å²) in [4.78, 5) is 29.1. The van der Waals surface area contributed by atoms with Crippen LogP contribution < -0.4 is 5.32 Å². The van der Waals surface area contributed by atoms with Crippen molar-refractivity contribution in [2.45, 2.75) is 26.3 Å². The highest BCUT2D eigenvalue weighted by atomic mass is 32.1. The van der Waals surface area contributed by atoms with Crippen molar-refractivity contribution in [3.8, 4) is 0 Å². The van der Waals surface area contributed by atoms with E-state index in [0.29, 0.717) is 6.54 Å². The third kappa shape index (κ3) is 2.92. The summed E-state index contributed by atoms with van der Waals surface area (Å²) in [6.45, 7) is 6.36. The van der Waals surface area contributed by atoms with Crippen LogP contribution in [0.25, 0.3) is 0 Å². The monoisotopic (exact) mass is 297 g/mol. The molecule has 2 unspecified atom stereocenters. The number of carbonyl (C=O) groups excluding carboxylic acids is 1. The van der Waals surface area contributed by atoms with E-state index in [1.54, 1.807) is 11.1 Å². The zero-order chi connectivity index (χ0) is 14.9. The lowest BCUT2D eigenvalue weighted by Gasteiger charge is -2.27. The van der Waals surface area contributed by atoms with Gasteiger partial charge in [0.05, 0.1) is 11.5 Å². The molecule has 1 aromatic heterocycles. The molecule has 2 N–H and O–H groups in total. The van der Waals surface area contributed by atoms with E-state index in [-0.39, 0.29) is 18.5 Å². The lowest BCUT2D eigenvalue weighted by atomic mass is 9.99. The minimum atomic E-state index is -0.841. The van der Waals surface area contributed by atoms with E-state index >= 15 is 0 Å². The number of urea groups is 1. The summed E-state index contributed by atoms with van der Waals surface area (Å²) in [5.74, 6) is -1.35. The molecule has 0 radical (unpaired) electrons. The lowest BCUT2D eigenvalue weighted by Crippen LogP contribution is -2.48. The molecule has 110 valence electrons. The molecule has 0 aliphatic carbocycles. The zero-order valence-electron chi connectivity index (χ0n) is 11.8. The Morgan fingerprint density at radius 2 is 2.20 bits per heavy atom. The molecular weight excluding hydrogens is 278 g/mol. The molecule has 1 aliphatic heterocycles. The summed E-state index contributed by atoms with van der Waals surface area (Å²) in [6.07, 6.45) is 1.70. The van der Waals surface area contributed by atoms with Crippen LogP contribution in [0, 0.1) is 11.8 Å². The topological polar surface area (TPSA) is 82.5 Å². The molecule has 1 fully saturated rings. The number of amides is 2. The summed E-state index contributed by atoms with van der Waals surface area (Å²) >= 11 is 1.48. The van der Waals surface area contributed by atoms with E-state index in [0.717, 1.165) is 5.01 Å². The van der Waals surface area contributed by atoms with Crippen molar-refractivity contribution < 1.29 is 14.7 Å². The fourth-order valence-corrected chi connectivity index (χ4v) is 3.10. The number of nitrogens with zero attached hydrogens (tertiary/aromatic N) is 2. The number of rotatable bonds is 3. The molecule has 2 heterocycles. The summed E-state index contributed by atoms with van der Waals surface area (Å²) in [6, 6.07) is -0.235. The number of carboxylic acid groups (broad SMARTS) is 1. The van der Waals surface area contributed by atoms with Gasteiger partial charge in [-0.15, -0.1) is 11.3 Å². The van der Waals surface area contributed by atoms with Crippen molar-refractivity contribution >= 4 is 23.3 Å². The first-order valence-corrected chi connectivity index (χ1v) is 7.39. The van der Waals surface area contributed by atoms with Crippen molar-refractivity contribution in [2.24, 2.45) is 11.8 Å². The highest BCUT2D eigenvalue weighted by Crippen LogP contribution is 2.26. The number of likely N-dealkylation sites (tertiary alicyclic amines) is 1. The predicted octanol–water partition coefficient (Wildman–Crippen LogP) is 1.74. The molecule has 1 saturated heterocycles. The molecule has 6 nitrogen and oxygen atoms in total. The Hall–Kier alpha value is -1.63. The second-order valence-electron chi connectivity index (χ2n) is 5.72. The molecule has 0 bridgehead atoms. The molecule has 2 rings (SSSR count). The maximum absolute atomic E-state index is 12.3. The van der Waals surface area contributed by atoms with Crippen molar-refractivity contribution in [3.63, 3.8) is 0 Å². The van der Waals surface area contributed by atoms with Gasteiger partial charge in [0.25, 0.3) is 0 Å². The maximum atomic E-state index is 12.3. The van der Waals surface area contributed by atoms with Gasteiger partial charge in [0, 0.05) is 24.7 Å². The van der Waals surface area contributed by atoms with Gasteiger partial charge in [0.15, 0.2) is 0 Å². The zero-order valence-corrected chi connectivity index (χ0v) is 12.6. The molecule has 0 aromatic carbocycles. The fourth-order valence-electron chi connectivity index (χ4n) is 2.39.